The Bertz CT molecular complexity index is 783. The molecule has 132 valence electrons. The van der Waals surface area contributed by atoms with Gasteiger partial charge in [0.25, 0.3) is 5.91 Å². The van der Waals surface area contributed by atoms with Crippen LogP contribution in [0.2, 0.25) is 5.02 Å². The molecule has 5 heteroatoms. The molecule has 0 radical (unpaired) electrons. The molecule has 0 aliphatic carbocycles. The summed E-state index contributed by atoms with van der Waals surface area (Å²) >= 11 is 6.13. The summed E-state index contributed by atoms with van der Waals surface area (Å²) in [6.45, 7) is 7.06. The van der Waals surface area contributed by atoms with Gasteiger partial charge in [0.15, 0.2) is 0 Å². The van der Waals surface area contributed by atoms with Gasteiger partial charge >= 0.3 is 0 Å². The lowest BCUT2D eigenvalue weighted by molar-refractivity contribution is 0.0746. The highest BCUT2D eigenvalue weighted by molar-refractivity contribution is 6.30. The van der Waals surface area contributed by atoms with E-state index in [4.69, 9.17) is 16.3 Å². The summed E-state index contributed by atoms with van der Waals surface area (Å²) in [7, 11) is 1.64. The number of carbonyl (C=O) groups excluding carboxylic acids is 1. The molecule has 0 atom stereocenters. The van der Waals surface area contributed by atoms with Crippen molar-refractivity contribution in [2.24, 2.45) is 0 Å². The molecule has 2 aromatic carbocycles. The standard InChI is InChI=1S/C20H23ClN2O2/c1-14-4-6-17(21)13-18(14)22-8-10-23(11-9-22)20(24)16-5-7-19(25-3)15(2)12-16/h4-7,12-13H,8-11H2,1-3H3. The highest BCUT2D eigenvalue weighted by Crippen LogP contribution is 2.26. The molecule has 1 heterocycles. The van der Waals surface area contributed by atoms with Crippen LogP contribution in [0.4, 0.5) is 5.69 Å². The van der Waals surface area contributed by atoms with Crippen LogP contribution in [0.1, 0.15) is 21.5 Å². The number of carbonyl (C=O) groups is 1. The summed E-state index contributed by atoms with van der Waals surface area (Å²) in [6.07, 6.45) is 0. The fourth-order valence-electron chi connectivity index (χ4n) is 3.27. The van der Waals surface area contributed by atoms with Gasteiger partial charge in [0.1, 0.15) is 5.75 Å². The third-order valence-electron chi connectivity index (χ3n) is 4.72. The van der Waals surface area contributed by atoms with Crippen LogP contribution in [-0.2, 0) is 0 Å². The van der Waals surface area contributed by atoms with Crippen LogP contribution >= 0.6 is 11.6 Å². The number of rotatable bonds is 3. The smallest absolute Gasteiger partial charge is 0.253 e. The second kappa shape index (κ2) is 7.36. The average molecular weight is 359 g/mol. The monoisotopic (exact) mass is 358 g/mol. The highest BCUT2D eigenvalue weighted by Gasteiger charge is 2.23. The number of aryl methyl sites for hydroxylation is 2. The summed E-state index contributed by atoms with van der Waals surface area (Å²) in [5.41, 5.74) is 4.04. The normalized spacial score (nSPS) is 14.6. The number of hydrogen-bond acceptors (Lipinski definition) is 3. The van der Waals surface area contributed by atoms with Gasteiger partial charge in [-0.05, 0) is 55.3 Å². The number of anilines is 1. The van der Waals surface area contributed by atoms with Gasteiger partial charge in [-0.15, -0.1) is 0 Å². The minimum Gasteiger partial charge on any atom is -0.496 e. The van der Waals surface area contributed by atoms with Crippen molar-refractivity contribution in [3.63, 3.8) is 0 Å². The molecule has 0 N–H and O–H groups in total. The van der Waals surface area contributed by atoms with Crippen LogP contribution < -0.4 is 9.64 Å². The summed E-state index contributed by atoms with van der Waals surface area (Å²) < 4.78 is 5.27. The van der Waals surface area contributed by atoms with E-state index in [-0.39, 0.29) is 5.91 Å². The van der Waals surface area contributed by atoms with Gasteiger partial charge in [-0.3, -0.25) is 4.79 Å². The Morgan fingerprint density at radius 1 is 1.00 bits per heavy atom. The van der Waals surface area contributed by atoms with Gasteiger partial charge in [-0.2, -0.15) is 0 Å². The third-order valence-corrected chi connectivity index (χ3v) is 4.96. The van der Waals surface area contributed by atoms with Crippen LogP contribution in [0.15, 0.2) is 36.4 Å². The predicted molar refractivity (Wildman–Crippen MR) is 102 cm³/mol. The molecule has 0 unspecified atom stereocenters. The van der Waals surface area contributed by atoms with Crippen molar-refractivity contribution < 1.29 is 9.53 Å². The fourth-order valence-corrected chi connectivity index (χ4v) is 3.43. The number of amides is 1. The van der Waals surface area contributed by atoms with E-state index in [1.807, 2.05) is 48.2 Å². The van der Waals surface area contributed by atoms with Crippen molar-refractivity contribution in [1.82, 2.24) is 4.90 Å². The minimum atomic E-state index is 0.0771. The fraction of sp³-hybridized carbons (Fsp3) is 0.350. The average Bonchev–Trinajstić information content (AvgIpc) is 2.63. The van der Waals surface area contributed by atoms with Crippen LogP contribution in [-0.4, -0.2) is 44.1 Å². The van der Waals surface area contributed by atoms with E-state index in [0.717, 1.165) is 35.1 Å². The molecule has 0 saturated carbocycles. The lowest BCUT2D eigenvalue weighted by Crippen LogP contribution is -2.49. The Hall–Kier alpha value is -2.20. The Balaban J connectivity index is 1.68. The molecule has 0 bridgehead atoms. The Morgan fingerprint density at radius 3 is 2.36 bits per heavy atom. The summed E-state index contributed by atoms with van der Waals surface area (Å²) in [5, 5.41) is 0.743. The second-order valence-corrected chi connectivity index (χ2v) is 6.83. The molecular weight excluding hydrogens is 336 g/mol. The second-order valence-electron chi connectivity index (χ2n) is 6.39. The van der Waals surface area contributed by atoms with E-state index in [0.29, 0.717) is 18.7 Å². The summed E-state index contributed by atoms with van der Waals surface area (Å²) in [5.74, 6) is 0.881. The lowest BCUT2D eigenvalue weighted by Gasteiger charge is -2.37. The zero-order valence-electron chi connectivity index (χ0n) is 14.9. The molecule has 2 aromatic rings. The molecule has 1 aliphatic rings. The Kier molecular flexibility index (Phi) is 5.19. The van der Waals surface area contributed by atoms with Crippen molar-refractivity contribution in [1.29, 1.82) is 0 Å². The van der Waals surface area contributed by atoms with Crippen LogP contribution in [0.5, 0.6) is 5.75 Å². The summed E-state index contributed by atoms with van der Waals surface area (Å²) in [4.78, 5) is 17.0. The molecule has 1 saturated heterocycles. The number of methoxy groups -OCH3 is 1. The first kappa shape index (κ1) is 17.6. The SMILES string of the molecule is COc1ccc(C(=O)N2CCN(c3cc(Cl)ccc3C)CC2)cc1C. The van der Waals surface area contributed by atoms with E-state index in [1.165, 1.54) is 5.56 Å². The van der Waals surface area contributed by atoms with Crippen molar-refractivity contribution in [3.8, 4) is 5.75 Å². The predicted octanol–water partition coefficient (Wildman–Crippen LogP) is 3.93. The largest absolute Gasteiger partial charge is 0.496 e. The van der Waals surface area contributed by atoms with Crippen molar-refractivity contribution >= 4 is 23.2 Å². The number of hydrogen-bond donors (Lipinski definition) is 0. The van der Waals surface area contributed by atoms with Crippen molar-refractivity contribution in [2.45, 2.75) is 13.8 Å². The molecule has 1 amide bonds. The zero-order valence-corrected chi connectivity index (χ0v) is 15.6. The topological polar surface area (TPSA) is 32.8 Å². The molecule has 1 fully saturated rings. The third kappa shape index (κ3) is 3.74. The van der Waals surface area contributed by atoms with E-state index < -0.39 is 0 Å². The van der Waals surface area contributed by atoms with Crippen molar-refractivity contribution in [3.05, 3.63) is 58.1 Å². The van der Waals surface area contributed by atoms with E-state index in [2.05, 4.69) is 11.8 Å². The van der Waals surface area contributed by atoms with Gasteiger partial charge in [0.2, 0.25) is 0 Å². The molecule has 4 nitrogen and oxygen atoms in total. The van der Waals surface area contributed by atoms with Gasteiger partial charge in [-0.25, -0.2) is 0 Å². The van der Waals surface area contributed by atoms with E-state index in [1.54, 1.807) is 7.11 Å². The van der Waals surface area contributed by atoms with Crippen LogP contribution in [0, 0.1) is 13.8 Å². The van der Waals surface area contributed by atoms with Gasteiger partial charge < -0.3 is 14.5 Å². The van der Waals surface area contributed by atoms with Crippen molar-refractivity contribution in [2.75, 3.05) is 38.2 Å². The quantitative estimate of drug-likeness (QED) is 0.833. The maximum Gasteiger partial charge on any atom is 0.253 e. The Labute approximate surface area is 154 Å². The van der Waals surface area contributed by atoms with Gasteiger partial charge in [0.05, 0.1) is 7.11 Å². The Morgan fingerprint density at radius 2 is 1.72 bits per heavy atom. The first-order valence-corrected chi connectivity index (χ1v) is 8.82. The molecule has 0 aromatic heterocycles. The number of nitrogens with zero attached hydrogens (tertiary/aromatic N) is 2. The van der Waals surface area contributed by atoms with Gasteiger partial charge in [-0.1, -0.05) is 17.7 Å². The number of halogens is 1. The number of ether oxygens (including phenoxy) is 1. The summed E-state index contributed by atoms with van der Waals surface area (Å²) in [6, 6.07) is 11.5. The lowest BCUT2D eigenvalue weighted by atomic mass is 10.1. The molecular formula is C20H23ClN2O2. The first-order valence-electron chi connectivity index (χ1n) is 8.44. The van der Waals surface area contributed by atoms with E-state index in [9.17, 15) is 4.79 Å². The molecule has 3 rings (SSSR count). The molecule has 1 aliphatic heterocycles. The molecule has 25 heavy (non-hydrogen) atoms. The minimum absolute atomic E-state index is 0.0771. The van der Waals surface area contributed by atoms with Crippen LogP contribution in [0.25, 0.3) is 0 Å². The highest BCUT2D eigenvalue weighted by atomic mass is 35.5. The molecule has 0 spiro atoms. The van der Waals surface area contributed by atoms with Gasteiger partial charge in [0, 0.05) is 42.5 Å². The van der Waals surface area contributed by atoms with E-state index >= 15 is 0 Å². The number of benzene rings is 2. The maximum atomic E-state index is 12.8. The zero-order chi connectivity index (χ0) is 18.0. The maximum absolute atomic E-state index is 12.8. The first-order chi connectivity index (χ1) is 12.0. The number of piperazine rings is 1. The van der Waals surface area contributed by atoms with Crippen LogP contribution in [0.3, 0.4) is 0 Å².